The fourth-order valence-corrected chi connectivity index (χ4v) is 2.81. The van der Waals surface area contributed by atoms with E-state index in [1.165, 1.54) is 17.0 Å². The highest BCUT2D eigenvalue weighted by molar-refractivity contribution is 5.91. The smallest absolute Gasteiger partial charge is 0.289 e. The van der Waals surface area contributed by atoms with E-state index in [1.54, 1.807) is 36.9 Å². The van der Waals surface area contributed by atoms with Crippen LogP contribution in [0.5, 0.6) is 5.75 Å². The second-order valence-corrected chi connectivity index (χ2v) is 6.58. The fraction of sp³-hybridized carbons (Fsp3) is 0.300. The SMILES string of the molecule is CCn1ccc(CN(C)C(=O)c2ccc(COc3ccc([N+](=O)[O-])c(C)c3)o2)n1. The van der Waals surface area contributed by atoms with E-state index in [0.717, 1.165) is 12.2 Å². The number of nitro benzene ring substituents is 1. The zero-order valence-electron chi connectivity index (χ0n) is 16.5. The predicted octanol–water partition coefficient (Wildman–Crippen LogP) is 3.56. The van der Waals surface area contributed by atoms with Gasteiger partial charge in [-0.05, 0) is 44.2 Å². The van der Waals surface area contributed by atoms with Gasteiger partial charge in [0.1, 0.15) is 18.1 Å². The number of benzene rings is 1. The molecule has 29 heavy (non-hydrogen) atoms. The van der Waals surface area contributed by atoms with Crippen LogP contribution < -0.4 is 4.74 Å². The number of amides is 1. The first kappa shape index (κ1) is 20.1. The van der Waals surface area contributed by atoms with Gasteiger partial charge in [-0.2, -0.15) is 5.10 Å². The number of ether oxygens (including phenoxy) is 1. The van der Waals surface area contributed by atoms with Crippen molar-refractivity contribution in [3.63, 3.8) is 0 Å². The van der Waals surface area contributed by atoms with E-state index in [9.17, 15) is 14.9 Å². The number of hydrogen-bond acceptors (Lipinski definition) is 6. The number of furan rings is 1. The molecule has 1 amide bonds. The molecule has 0 unspecified atom stereocenters. The normalized spacial score (nSPS) is 10.7. The van der Waals surface area contributed by atoms with E-state index in [2.05, 4.69) is 5.10 Å². The summed E-state index contributed by atoms with van der Waals surface area (Å²) in [7, 11) is 1.69. The van der Waals surface area contributed by atoms with Crippen LogP contribution >= 0.6 is 0 Å². The molecule has 3 aromatic rings. The average Bonchev–Trinajstić information content (AvgIpc) is 3.34. The Morgan fingerprint density at radius 3 is 2.76 bits per heavy atom. The molecule has 9 nitrogen and oxygen atoms in total. The number of aromatic nitrogens is 2. The summed E-state index contributed by atoms with van der Waals surface area (Å²) >= 11 is 0. The molecule has 0 saturated heterocycles. The number of nitrogens with zero attached hydrogens (tertiary/aromatic N) is 4. The average molecular weight is 398 g/mol. The van der Waals surface area contributed by atoms with Crippen LogP contribution in [0.4, 0.5) is 5.69 Å². The van der Waals surface area contributed by atoms with Gasteiger partial charge < -0.3 is 14.1 Å². The highest BCUT2D eigenvalue weighted by Crippen LogP contribution is 2.24. The Morgan fingerprint density at radius 1 is 1.31 bits per heavy atom. The number of carbonyl (C=O) groups is 1. The van der Waals surface area contributed by atoms with E-state index in [1.807, 2.05) is 19.2 Å². The summed E-state index contributed by atoms with van der Waals surface area (Å²) in [5, 5.41) is 15.2. The van der Waals surface area contributed by atoms with Crippen molar-refractivity contribution in [3.05, 3.63) is 75.5 Å². The van der Waals surface area contributed by atoms with Crippen LogP contribution in [0.3, 0.4) is 0 Å². The van der Waals surface area contributed by atoms with Crippen molar-refractivity contribution >= 4 is 11.6 Å². The molecule has 0 radical (unpaired) electrons. The van der Waals surface area contributed by atoms with Crippen molar-refractivity contribution in [2.45, 2.75) is 33.5 Å². The summed E-state index contributed by atoms with van der Waals surface area (Å²) in [6, 6.07) is 9.67. The first-order chi connectivity index (χ1) is 13.9. The van der Waals surface area contributed by atoms with E-state index >= 15 is 0 Å². The van der Waals surface area contributed by atoms with E-state index in [-0.39, 0.29) is 24.0 Å². The van der Waals surface area contributed by atoms with Crippen molar-refractivity contribution < 1.29 is 18.9 Å². The fourth-order valence-electron chi connectivity index (χ4n) is 2.81. The molecule has 3 rings (SSSR count). The standard InChI is InChI=1S/C20H22N4O5/c1-4-23-10-9-15(21-23)12-22(3)20(25)19-8-6-17(29-19)13-28-16-5-7-18(24(26)27)14(2)11-16/h5-11H,4,12-13H2,1-3H3. The number of nitro groups is 1. The summed E-state index contributed by atoms with van der Waals surface area (Å²) in [5.74, 6) is 0.920. The maximum atomic E-state index is 12.6. The lowest BCUT2D eigenvalue weighted by Crippen LogP contribution is -2.26. The van der Waals surface area contributed by atoms with Crippen LogP contribution in [0.15, 0.2) is 47.0 Å². The van der Waals surface area contributed by atoms with Gasteiger partial charge in [0.15, 0.2) is 5.76 Å². The molecular weight excluding hydrogens is 376 g/mol. The minimum absolute atomic E-state index is 0.0371. The van der Waals surface area contributed by atoms with Gasteiger partial charge in [0, 0.05) is 31.4 Å². The molecule has 0 aliphatic rings. The molecule has 0 spiro atoms. The topological polar surface area (TPSA) is 104 Å². The van der Waals surface area contributed by atoms with Gasteiger partial charge in [-0.15, -0.1) is 0 Å². The van der Waals surface area contributed by atoms with Gasteiger partial charge in [0.2, 0.25) is 0 Å². The van der Waals surface area contributed by atoms with Crippen LogP contribution in [0.25, 0.3) is 0 Å². The molecular formula is C20H22N4O5. The Bertz CT molecular complexity index is 1020. The largest absolute Gasteiger partial charge is 0.486 e. The summed E-state index contributed by atoms with van der Waals surface area (Å²) < 4.78 is 13.0. The second-order valence-electron chi connectivity index (χ2n) is 6.58. The highest BCUT2D eigenvalue weighted by atomic mass is 16.6. The van der Waals surface area contributed by atoms with Crippen molar-refractivity contribution in [1.82, 2.24) is 14.7 Å². The Kier molecular flexibility index (Phi) is 5.96. The molecule has 2 aromatic heterocycles. The first-order valence-corrected chi connectivity index (χ1v) is 9.11. The third-order valence-electron chi connectivity index (χ3n) is 4.38. The monoisotopic (exact) mass is 398 g/mol. The minimum Gasteiger partial charge on any atom is -0.486 e. The molecule has 0 aliphatic heterocycles. The molecule has 0 saturated carbocycles. The van der Waals surface area contributed by atoms with Gasteiger partial charge in [0.05, 0.1) is 17.2 Å². The first-order valence-electron chi connectivity index (χ1n) is 9.11. The van der Waals surface area contributed by atoms with Crippen molar-refractivity contribution in [2.75, 3.05) is 7.05 Å². The lowest BCUT2D eigenvalue weighted by molar-refractivity contribution is -0.385. The molecule has 2 heterocycles. The van der Waals surface area contributed by atoms with E-state index in [4.69, 9.17) is 9.15 Å². The molecule has 0 fully saturated rings. The van der Waals surface area contributed by atoms with Gasteiger partial charge in [0.25, 0.3) is 11.6 Å². The summed E-state index contributed by atoms with van der Waals surface area (Å²) in [4.78, 5) is 24.5. The van der Waals surface area contributed by atoms with Gasteiger partial charge in [-0.25, -0.2) is 0 Å². The van der Waals surface area contributed by atoms with E-state index < -0.39 is 4.92 Å². The zero-order chi connectivity index (χ0) is 21.0. The summed E-state index contributed by atoms with van der Waals surface area (Å²) in [6.45, 7) is 4.90. The number of carbonyl (C=O) groups excluding carboxylic acids is 1. The van der Waals surface area contributed by atoms with Crippen LogP contribution in [0, 0.1) is 17.0 Å². The minimum atomic E-state index is -0.438. The molecule has 0 aliphatic carbocycles. The third kappa shape index (κ3) is 4.81. The maximum Gasteiger partial charge on any atom is 0.289 e. The summed E-state index contributed by atoms with van der Waals surface area (Å²) in [6.07, 6.45) is 1.87. The number of aryl methyl sites for hydroxylation is 2. The molecule has 0 atom stereocenters. The maximum absolute atomic E-state index is 12.6. The molecule has 152 valence electrons. The van der Waals surface area contributed by atoms with Gasteiger partial charge >= 0.3 is 0 Å². The Labute approximate surface area is 167 Å². The van der Waals surface area contributed by atoms with Crippen LogP contribution in [0.2, 0.25) is 0 Å². The van der Waals surface area contributed by atoms with Crippen molar-refractivity contribution in [1.29, 1.82) is 0 Å². The Balaban J connectivity index is 1.59. The van der Waals surface area contributed by atoms with Crippen LogP contribution in [-0.2, 0) is 19.7 Å². The lowest BCUT2D eigenvalue weighted by atomic mass is 10.2. The van der Waals surface area contributed by atoms with Crippen LogP contribution in [0.1, 0.15) is 34.5 Å². The molecule has 1 aromatic carbocycles. The van der Waals surface area contributed by atoms with E-state index in [0.29, 0.717) is 23.6 Å². The van der Waals surface area contributed by atoms with Gasteiger partial charge in [-0.3, -0.25) is 19.6 Å². The second kappa shape index (κ2) is 8.59. The van der Waals surface area contributed by atoms with Crippen molar-refractivity contribution in [3.8, 4) is 5.75 Å². The lowest BCUT2D eigenvalue weighted by Gasteiger charge is -2.14. The predicted molar refractivity (Wildman–Crippen MR) is 105 cm³/mol. The summed E-state index contributed by atoms with van der Waals surface area (Å²) in [5.41, 5.74) is 1.34. The number of hydrogen-bond donors (Lipinski definition) is 0. The van der Waals surface area contributed by atoms with Crippen molar-refractivity contribution in [2.24, 2.45) is 0 Å². The quantitative estimate of drug-likeness (QED) is 0.424. The molecule has 0 bridgehead atoms. The number of rotatable bonds is 8. The van der Waals surface area contributed by atoms with Crippen LogP contribution in [-0.4, -0.2) is 32.6 Å². The highest BCUT2D eigenvalue weighted by Gasteiger charge is 2.18. The Hall–Kier alpha value is -3.62. The molecule has 9 heteroatoms. The third-order valence-corrected chi connectivity index (χ3v) is 4.38. The van der Waals surface area contributed by atoms with Gasteiger partial charge in [-0.1, -0.05) is 0 Å². The molecule has 0 N–H and O–H groups in total. The zero-order valence-corrected chi connectivity index (χ0v) is 16.5. The Morgan fingerprint density at radius 2 is 2.10 bits per heavy atom.